The summed E-state index contributed by atoms with van der Waals surface area (Å²) in [6.07, 6.45) is 0. The van der Waals surface area contributed by atoms with Gasteiger partial charge in [-0.25, -0.2) is 0 Å². The maximum Gasteiger partial charge on any atom is 0.269 e. The zero-order chi connectivity index (χ0) is 14.2. The predicted molar refractivity (Wildman–Crippen MR) is 70.5 cm³/mol. The van der Waals surface area contributed by atoms with Gasteiger partial charge in [-0.3, -0.25) is 10.1 Å². The molecule has 2 rings (SSSR count). The summed E-state index contributed by atoms with van der Waals surface area (Å²) in [7, 11) is 0. The van der Waals surface area contributed by atoms with Crippen LogP contribution in [-0.2, 0) is 6.54 Å². The number of hydrogen-bond donors (Lipinski definition) is 1. The van der Waals surface area contributed by atoms with Gasteiger partial charge in [0.25, 0.3) is 5.69 Å². The number of nitriles is 1. The molecule has 0 atom stereocenters. The lowest BCUT2D eigenvalue weighted by Gasteiger charge is -2.34. The van der Waals surface area contributed by atoms with Crippen molar-refractivity contribution in [2.24, 2.45) is 5.73 Å². The molecule has 2 N–H and O–H groups in total. The van der Waals surface area contributed by atoms with Gasteiger partial charge in [0.2, 0.25) is 0 Å². The summed E-state index contributed by atoms with van der Waals surface area (Å²) in [5, 5.41) is 20.0. The minimum atomic E-state index is -0.437. The average Bonchev–Trinajstić information content (AvgIpc) is 2.37. The number of non-ortho nitro benzene ring substituents is 1. The molecule has 0 radical (unpaired) electrons. The topological polar surface area (TPSA) is 96.2 Å². The molecular weight excluding hydrogens is 244 g/mol. The van der Waals surface area contributed by atoms with E-state index >= 15 is 0 Å². The number of rotatable bonds is 2. The molecule has 1 aromatic rings. The van der Waals surface area contributed by atoms with E-state index in [9.17, 15) is 15.4 Å². The van der Waals surface area contributed by atoms with Gasteiger partial charge in [-0.15, -0.1) is 0 Å². The molecule has 0 amide bonds. The summed E-state index contributed by atoms with van der Waals surface area (Å²) < 4.78 is 0. The highest BCUT2D eigenvalue weighted by Gasteiger charge is 2.26. The Bertz CT molecular complexity index is 614. The van der Waals surface area contributed by atoms with Crippen LogP contribution in [0, 0.1) is 21.4 Å². The summed E-state index contributed by atoms with van der Waals surface area (Å²) in [4.78, 5) is 12.2. The highest BCUT2D eigenvalue weighted by Crippen LogP contribution is 2.32. The number of benzene rings is 1. The number of fused-ring (bicyclic) bond motifs is 1. The zero-order valence-corrected chi connectivity index (χ0v) is 10.8. The van der Waals surface area contributed by atoms with Crippen LogP contribution in [0.4, 0.5) is 5.69 Å². The van der Waals surface area contributed by atoms with Crippen LogP contribution in [0.1, 0.15) is 25.0 Å². The standard InChI is InChI=1S/C13H14N4O2/c1-8(2)16-7-9-5-10(17(18)19)3-4-11(9)12(6-14)13(16)15/h3-5,8H,7,15H2,1-2H3. The van der Waals surface area contributed by atoms with E-state index < -0.39 is 4.92 Å². The molecule has 0 unspecified atom stereocenters. The van der Waals surface area contributed by atoms with Gasteiger partial charge < -0.3 is 10.6 Å². The molecule has 0 saturated heterocycles. The van der Waals surface area contributed by atoms with Gasteiger partial charge in [-0.05, 0) is 25.5 Å². The minimum Gasteiger partial charge on any atom is -0.384 e. The summed E-state index contributed by atoms with van der Waals surface area (Å²) in [5.41, 5.74) is 7.84. The molecule has 0 aliphatic carbocycles. The number of nitrogens with zero attached hydrogens (tertiary/aromatic N) is 3. The molecule has 1 heterocycles. The lowest BCUT2D eigenvalue weighted by molar-refractivity contribution is -0.384. The van der Waals surface area contributed by atoms with E-state index in [1.807, 2.05) is 18.7 Å². The Morgan fingerprint density at radius 3 is 2.74 bits per heavy atom. The number of nitrogens with two attached hydrogens (primary N) is 1. The maximum absolute atomic E-state index is 10.8. The third kappa shape index (κ3) is 2.10. The van der Waals surface area contributed by atoms with E-state index in [0.29, 0.717) is 23.5 Å². The molecule has 1 aromatic carbocycles. The Morgan fingerprint density at radius 1 is 1.53 bits per heavy atom. The minimum absolute atomic E-state index is 0.0280. The van der Waals surface area contributed by atoms with Crippen molar-refractivity contribution in [3.05, 3.63) is 45.3 Å². The lowest BCUT2D eigenvalue weighted by atomic mass is 9.95. The third-order valence-corrected chi connectivity index (χ3v) is 3.21. The Hall–Kier alpha value is -2.55. The van der Waals surface area contributed by atoms with Gasteiger partial charge in [-0.2, -0.15) is 5.26 Å². The van der Waals surface area contributed by atoms with Crippen LogP contribution in [0.25, 0.3) is 5.57 Å². The van der Waals surface area contributed by atoms with Crippen molar-refractivity contribution in [3.63, 3.8) is 0 Å². The quantitative estimate of drug-likeness (QED) is 0.646. The Balaban J connectivity index is 2.60. The SMILES string of the molecule is CC(C)N1Cc2cc([N+](=O)[O-])ccc2C(C#N)=C1N. The van der Waals surface area contributed by atoms with E-state index in [4.69, 9.17) is 5.73 Å². The van der Waals surface area contributed by atoms with Crippen molar-refractivity contribution in [1.82, 2.24) is 4.90 Å². The summed E-state index contributed by atoms with van der Waals surface area (Å²) in [6.45, 7) is 4.40. The molecule has 98 valence electrons. The fraction of sp³-hybridized carbons (Fsp3) is 0.308. The van der Waals surface area contributed by atoms with Gasteiger partial charge in [0.15, 0.2) is 0 Å². The second-order valence-electron chi connectivity index (χ2n) is 4.69. The molecule has 19 heavy (non-hydrogen) atoms. The Labute approximate surface area is 110 Å². The number of allylic oxidation sites excluding steroid dienone is 1. The van der Waals surface area contributed by atoms with Crippen LogP contribution in [0.3, 0.4) is 0 Å². The average molecular weight is 258 g/mol. The van der Waals surface area contributed by atoms with Crippen LogP contribution >= 0.6 is 0 Å². The van der Waals surface area contributed by atoms with Gasteiger partial charge in [0, 0.05) is 30.3 Å². The molecule has 1 aliphatic rings. The van der Waals surface area contributed by atoms with E-state index in [0.717, 1.165) is 5.56 Å². The van der Waals surface area contributed by atoms with Crippen molar-refractivity contribution in [1.29, 1.82) is 5.26 Å². The first-order valence-electron chi connectivity index (χ1n) is 5.90. The van der Waals surface area contributed by atoms with Crippen molar-refractivity contribution in [2.75, 3.05) is 0 Å². The second kappa shape index (κ2) is 4.61. The number of hydrogen-bond acceptors (Lipinski definition) is 5. The van der Waals surface area contributed by atoms with Gasteiger partial charge >= 0.3 is 0 Å². The Morgan fingerprint density at radius 2 is 2.21 bits per heavy atom. The summed E-state index contributed by atoms with van der Waals surface area (Å²) in [6, 6.07) is 6.71. The maximum atomic E-state index is 10.8. The number of nitro groups is 1. The monoisotopic (exact) mass is 258 g/mol. The van der Waals surface area contributed by atoms with Crippen LogP contribution in [0.5, 0.6) is 0 Å². The first kappa shape index (κ1) is 12.9. The van der Waals surface area contributed by atoms with Gasteiger partial charge in [0.1, 0.15) is 11.9 Å². The third-order valence-electron chi connectivity index (χ3n) is 3.21. The fourth-order valence-electron chi connectivity index (χ4n) is 2.20. The van der Waals surface area contributed by atoms with Gasteiger partial charge in [-0.1, -0.05) is 0 Å². The zero-order valence-electron chi connectivity index (χ0n) is 10.8. The van der Waals surface area contributed by atoms with E-state index in [-0.39, 0.29) is 11.7 Å². The first-order chi connectivity index (χ1) is 8.95. The van der Waals surface area contributed by atoms with E-state index in [1.165, 1.54) is 12.1 Å². The molecule has 0 spiro atoms. The fourth-order valence-corrected chi connectivity index (χ4v) is 2.20. The smallest absolute Gasteiger partial charge is 0.269 e. The Kier molecular flexibility index (Phi) is 3.13. The second-order valence-corrected chi connectivity index (χ2v) is 4.69. The molecular formula is C13H14N4O2. The summed E-state index contributed by atoms with van der Waals surface area (Å²) in [5.74, 6) is 0.429. The lowest BCUT2D eigenvalue weighted by Crippen LogP contribution is -2.37. The van der Waals surface area contributed by atoms with Crippen LogP contribution in [0.2, 0.25) is 0 Å². The molecule has 1 aliphatic heterocycles. The predicted octanol–water partition coefficient (Wildman–Crippen LogP) is 1.97. The van der Waals surface area contributed by atoms with E-state index in [2.05, 4.69) is 6.07 Å². The normalized spacial score (nSPS) is 14.3. The molecule has 0 fully saturated rings. The number of nitro benzene ring substituents is 1. The molecule has 0 saturated carbocycles. The van der Waals surface area contributed by atoms with Crippen molar-refractivity contribution in [2.45, 2.75) is 26.4 Å². The molecule has 6 nitrogen and oxygen atoms in total. The highest BCUT2D eigenvalue weighted by molar-refractivity contribution is 5.82. The van der Waals surface area contributed by atoms with Crippen molar-refractivity contribution >= 4 is 11.3 Å². The first-order valence-corrected chi connectivity index (χ1v) is 5.90. The van der Waals surface area contributed by atoms with Crippen molar-refractivity contribution in [3.8, 4) is 6.07 Å². The molecule has 0 aromatic heterocycles. The van der Waals surface area contributed by atoms with Crippen molar-refractivity contribution < 1.29 is 4.92 Å². The van der Waals surface area contributed by atoms with Crippen LogP contribution < -0.4 is 5.73 Å². The van der Waals surface area contributed by atoms with E-state index in [1.54, 1.807) is 6.07 Å². The highest BCUT2D eigenvalue weighted by atomic mass is 16.6. The van der Waals surface area contributed by atoms with Gasteiger partial charge in [0.05, 0.1) is 10.5 Å². The van der Waals surface area contributed by atoms with Crippen LogP contribution in [-0.4, -0.2) is 15.9 Å². The van der Waals surface area contributed by atoms with Crippen LogP contribution in [0.15, 0.2) is 24.0 Å². The largest absolute Gasteiger partial charge is 0.384 e. The molecule has 0 bridgehead atoms. The summed E-state index contributed by atoms with van der Waals surface area (Å²) >= 11 is 0. The molecule has 6 heteroatoms.